The zero-order valence-electron chi connectivity index (χ0n) is 26.7. The van der Waals surface area contributed by atoms with E-state index in [-0.39, 0.29) is 29.6 Å². The first kappa shape index (κ1) is 30.4. The van der Waals surface area contributed by atoms with E-state index in [4.69, 9.17) is 10.5 Å². The number of nitrogen functional groups attached to an aromatic ring is 1. The number of imide groups is 1. The average molecular weight is 647 g/mol. The van der Waals surface area contributed by atoms with Gasteiger partial charge in [0.25, 0.3) is 5.91 Å². The number of anilines is 1. The van der Waals surface area contributed by atoms with Crippen molar-refractivity contribution in [2.24, 2.45) is 11.8 Å². The number of hydrogen-bond donors (Lipinski definition) is 3. The lowest BCUT2D eigenvalue weighted by Gasteiger charge is -2.53. The summed E-state index contributed by atoms with van der Waals surface area (Å²) in [6, 6.07) is 12.2. The Labute approximate surface area is 278 Å². The third-order valence-corrected chi connectivity index (χ3v) is 10.7. The van der Waals surface area contributed by atoms with Gasteiger partial charge in [0, 0.05) is 49.6 Å². The summed E-state index contributed by atoms with van der Waals surface area (Å²) in [5.41, 5.74) is 10.3. The standard InChI is InChI=1S/C37H38N6O5/c38-34-25(16-29(40-41-34)27-3-1-2-4-31(27)44)10-9-22-5-7-23(8-6-22)18-42-20-37(21-42)14-13-24-15-26-19-43(30-11-12-33(45)39-35(30)46)36(47)28(26)17-32(24)48-37/h1-4,15-17,22-23,30,44H,5-8,11-14,18-21H2,(H2,38,41)(H,39,45,46)/t22-,23+,30?. The molecule has 2 saturated heterocycles. The number of hydrogen-bond acceptors (Lipinski definition) is 9. The highest BCUT2D eigenvalue weighted by Gasteiger charge is 2.48. The number of carbonyl (C=O) groups is 3. The quantitative estimate of drug-likeness (QED) is 0.286. The van der Waals surface area contributed by atoms with Crippen LogP contribution in [0.25, 0.3) is 11.3 Å². The Hall–Kier alpha value is -4.95. The minimum atomic E-state index is -0.615. The Morgan fingerprint density at radius 1 is 0.979 bits per heavy atom. The molecule has 246 valence electrons. The molecule has 3 fully saturated rings. The molecule has 11 nitrogen and oxygen atoms in total. The SMILES string of the molecule is Nc1nnc(-c2ccccc2O)cc1C#C[C@H]1CC[C@@H](CN2CC3(CCc4cc5c(cc4O3)C(=O)N(C3CCC(=O)NC3=O)C5)C2)CC1. The van der Waals surface area contributed by atoms with Gasteiger partial charge in [-0.3, -0.25) is 24.6 Å². The fourth-order valence-corrected chi connectivity index (χ4v) is 8.06. The van der Waals surface area contributed by atoms with Crippen LogP contribution in [0.1, 0.15) is 72.0 Å². The second-order valence-electron chi connectivity index (χ2n) is 14.0. The predicted octanol–water partition coefficient (Wildman–Crippen LogP) is 3.43. The van der Waals surface area contributed by atoms with E-state index in [2.05, 4.69) is 38.3 Å². The number of phenols is 1. The summed E-state index contributed by atoms with van der Waals surface area (Å²) >= 11 is 0. The van der Waals surface area contributed by atoms with Gasteiger partial charge in [0.2, 0.25) is 11.8 Å². The number of piperidine rings is 1. The molecule has 1 spiro atoms. The third kappa shape index (κ3) is 5.64. The van der Waals surface area contributed by atoms with E-state index in [0.29, 0.717) is 53.0 Å². The molecule has 1 aromatic heterocycles. The van der Waals surface area contributed by atoms with Gasteiger partial charge >= 0.3 is 0 Å². The van der Waals surface area contributed by atoms with Crippen LogP contribution in [0, 0.1) is 23.7 Å². The molecule has 48 heavy (non-hydrogen) atoms. The number of nitrogens with one attached hydrogen (secondary N) is 1. The van der Waals surface area contributed by atoms with Crippen molar-refractivity contribution in [3.63, 3.8) is 0 Å². The van der Waals surface area contributed by atoms with Crippen LogP contribution in [0.15, 0.2) is 42.5 Å². The summed E-state index contributed by atoms with van der Waals surface area (Å²) in [6.07, 6.45) is 6.78. The summed E-state index contributed by atoms with van der Waals surface area (Å²) < 4.78 is 6.62. The maximum atomic E-state index is 13.3. The number of carbonyl (C=O) groups excluding carboxylic acids is 3. The fraction of sp³-hybridized carbons (Fsp3) is 0.432. The molecule has 2 aromatic carbocycles. The van der Waals surface area contributed by atoms with E-state index in [9.17, 15) is 19.5 Å². The Bertz CT molecular complexity index is 1880. The number of fused-ring (bicyclic) bond motifs is 2. The Balaban J connectivity index is 0.840. The van der Waals surface area contributed by atoms with E-state index in [0.717, 1.165) is 75.0 Å². The number of likely N-dealkylation sites (tertiary alicyclic amines) is 1. The number of rotatable bonds is 4. The summed E-state index contributed by atoms with van der Waals surface area (Å²) in [4.78, 5) is 41.5. The molecule has 5 aliphatic rings. The van der Waals surface area contributed by atoms with E-state index in [1.165, 1.54) is 0 Å². The molecule has 11 heteroatoms. The van der Waals surface area contributed by atoms with Gasteiger partial charge in [-0.2, -0.15) is 0 Å². The Kier molecular flexibility index (Phi) is 7.56. The van der Waals surface area contributed by atoms with Crippen molar-refractivity contribution >= 4 is 23.5 Å². The molecule has 4 aliphatic heterocycles. The van der Waals surface area contributed by atoms with E-state index < -0.39 is 11.9 Å². The number of para-hydroxylation sites is 1. The number of aryl methyl sites for hydroxylation is 1. The predicted molar refractivity (Wildman–Crippen MR) is 176 cm³/mol. The molecule has 5 heterocycles. The molecule has 1 unspecified atom stereocenters. The van der Waals surface area contributed by atoms with Gasteiger partial charge in [-0.15, -0.1) is 10.2 Å². The summed E-state index contributed by atoms with van der Waals surface area (Å²) in [5, 5.41) is 20.8. The molecule has 3 aromatic rings. The normalized spacial score (nSPS) is 24.5. The molecule has 8 rings (SSSR count). The van der Waals surface area contributed by atoms with E-state index in [1.807, 2.05) is 12.1 Å². The van der Waals surface area contributed by atoms with Crippen molar-refractivity contribution in [1.82, 2.24) is 25.3 Å². The number of aromatic hydroxyl groups is 1. The van der Waals surface area contributed by atoms with Crippen molar-refractivity contribution in [2.45, 2.75) is 69.6 Å². The number of nitrogens with two attached hydrogens (primary N) is 1. The Morgan fingerprint density at radius 3 is 2.58 bits per heavy atom. The van der Waals surface area contributed by atoms with Crippen molar-refractivity contribution < 1.29 is 24.2 Å². The number of aromatic nitrogens is 2. The second kappa shape index (κ2) is 11.9. The smallest absolute Gasteiger partial charge is 0.255 e. The van der Waals surface area contributed by atoms with Crippen LogP contribution in [0.3, 0.4) is 0 Å². The number of ether oxygens (including phenoxy) is 1. The van der Waals surface area contributed by atoms with Crippen LogP contribution in [-0.2, 0) is 22.6 Å². The second-order valence-corrected chi connectivity index (χ2v) is 14.0. The van der Waals surface area contributed by atoms with Crippen molar-refractivity contribution in [1.29, 1.82) is 0 Å². The van der Waals surface area contributed by atoms with Crippen LogP contribution >= 0.6 is 0 Å². The van der Waals surface area contributed by atoms with Gasteiger partial charge in [-0.1, -0.05) is 24.0 Å². The van der Waals surface area contributed by atoms with Crippen molar-refractivity contribution in [3.05, 3.63) is 64.7 Å². The number of amides is 3. The summed E-state index contributed by atoms with van der Waals surface area (Å²) in [6.45, 7) is 3.20. The molecular formula is C37H38N6O5. The highest BCUT2D eigenvalue weighted by atomic mass is 16.5. The lowest BCUT2D eigenvalue weighted by molar-refractivity contribution is -0.136. The molecule has 0 bridgehead atoms. The maximum absolute atomic E-state index is 13.3. The summed E-state index contributed by atoms with van der Waals surface area (Å²) in [5.74, 6) is 7.96. The highest BCUT2D eigenvalue weighted by molar-refractivity contribution is 6.05. The lowest BCUT2D eigenvalue weighted by Crippen LogP contribution is -2.66. The maximum Gasteiger partial charge on any atom is 0.255 e. The molecule has 0 radical (unpaired) electrons. The zero-order chi connectivity index (χ0) is 33.0. The topological polar surface area (TPSA) is 151 Å². The zero-order valence-corrected chi connectivity index (χ0v) is 26.7. The largest absolute Gasteiger partial charge is 0.507 e. The van der Waals surface area contributed by atoms with Gasteiger partial charge in [-0.25, -0.2) is 0 Å². The first-order chi connectivity index (χ1) is 23.2. The molecule has 4 N–H and O–H groups in total. The lowest BCUT2D eigenvalue weighted by atomic mass is 9.79. The van der Waals surface area contributed by atoms with Crippen LogP contribution in [0.4, 0.5) is 5.82 Å². The van der Waals surface area contributed by atoms with E-state index >= 15 is 0 Å². The van der Waals surface area contributed by atoms with Gasteiger partial charge in [0.1, 0.15) is 23.1 Å². The van der Waals surface area contributed by atoms with Gasteiger partial charge in [0.15, 0.2) is 5.82 Å². The van der Waals surface area contributed by atoms with Crippen LogP contribution in [0.2, 0.25) is 0 Å². The molecular weight excluding hydrogens is 608 g/mol. The first-order valence-corrected chi connectivity index (χ1v) is 16.9. The van der Waals surface area contributed by atoms with Gasteiger partial charge in [0.05, 0.1) is 11.3 Å². The van der Waals surface area contributed by atoms with Crippen LogP contribution < -0.4 is 15.8 Å². The van der Waals surface area contributed by atoms with Crippen molar-refractivity contribution in [3.8, 4) is 34.6 Å². The van der Waals surface area contributed by atoms with Crippen LogP contribution in [0.5, 0.6) is 11.5 Å². The fourth-order valence-electron chi connectivity index (χ4n) is 8.06. The number of nitrogens with zero attached hydrogens (tertiary/aromatic N) is 4. The molecule has 1 aliphatic carbocycles. The van der Waals surface area contributed by atoms with Gasteiger partial charge in [-0.05, 0) is 92.3 Å². The average Bonchev–Trinajstić information content (AvgIpc) is 3.38. The minimum absolute atomic E-state index is 0.140. The highest BCUT2D eigenvalue weighted by Crippen LogP contribution is 2.43. The minimum Gasteiger partial charge on any atom is -0.507 e. The third-order valence-electron chi connectivity index (χ3n) is 10.7. The first-order valence-electron chi connectivity index (χ1n) is 16.9. The van der Waals surface area contributed by atoms with Crippen molar-refractivity contribution in [2.75, 3.05) is 25.4 Å². The van der Waals surface area contributed by atoms with Gasteiger partial charge < -0.3 is 20.5 Å². The summed E-state index contributed by atoms with van der Waals surface area (Å²) in [7, 11) is 0. The monoisotopic (exact) mass is 646 g/mol. The number of benzene rings is 2. The van der Waals surface area contributed by atoms with Crippen LogP contribution in [-0.4, -0.2) is 74.1 Å². The Morgan fingerprint density at radius 2 is 1.79 bits per heavy atom. The molecule has 3 amide bonds. The number of phenolic OH excluding ortho intramolecular Hbond substituents is 1. The molecule has 1 atom stereocenters. The van der Waals surface area contributed by atoms with E-state index in [1.54, 1.807) is 29.2 Å². The molecule has 1 saturated carbocycles.